The maximum Gasteiger partial charge on any atom is 0.262 e. The fraction of sp³-hybridized carbons (Fsp3) is 0.125. The van der Waals surface area contributed by atoms with Gasteiger partial charge in [0.05, 0.1) is 41.0 Å². The summed E-state index contributed by atoms with van der Waals surface area (Å²) in [5.41, 5.74) is 1.82. The molecule has 6 nitrogen and oxygen atoms in total. The van der Waals surface area contributed by atoms with Crippen LogP contribution in [0.4, 0.5) is 5.69 Å². The molecule has 0 aliphatic carbocycles. The van der Waals surface area contributed by atoms with Crippen molar-refractivity contribution in [3.63, 3.8) is 0 Å². The Morgan fingerprint density at radius 2 is 1.67 bits per heavy atom. The number of sulfone groups is 1. The third-order valence-electron chi connectivity index (χ3n) is 5.04. The van der Waals surface area contributed by atoms with Crippen molar-refractivity contribution in [2.45, 2.75) is 15.5 Å². The van der Waals surface area contributed by atoms with E-state index in [1.54, 1.807) is 60.7 Å². The second-order valence-corrected chi connectivity index (χ2v) is 10.7. The predicted molar refractivity (Wildman–Crippen MR) is 131 cm³/mol. The third-order valence-corrected chi connectivity index (χ3v) is 8.01. The molecule has 1 aliphatic rings. The Morgan fingerprint density at radius 1 is 1.00 bits per heavy atom. The number of carbonyl (C=O) groups is 1. The number of benzene rings is 3. The molecule has 1 aliphatic heterocycles. The molecule has 1 N–H and O–H groups in total. The molecule has 0 saturated carbocycles. The van der Waals surface area contributed by atoms with Gasteiger partial charge >= 0.3 is 0 Å². The quantitative estimate of drug-likeness (QED) is 0.454. The van der Waals surface area contributed by atoms with E-state index in [1.165, 1.54) is 32.0 Å². The van der Waals surface area contributed by atoms with E-state index in [2.05, 4.69) is 5.32 Å². The zero-order chi connectivity index (χ0) is 23.6. The van der Waals surface area contributed by atoms with Crippen LogP contribution in [0.25, 0.3) is 6.08 Å². The van der Waals surface area contributed by atoms with Gasteiger partial charge in [-0.3, -0.25) is 4.79 Å². The number of carbonyl (C=O) groups excluding carboxylic acids is 1. The van der Waals surface area contributed by atoms with E-state index in [4.69, 9.17) is 21.1 Å². The number of methoxy groups -OCH3 is 2. The lowest BCUT2D eigenvalue weighted by Gasteiger charge is -2.20. The number of anilines is 1. The number of halogens is 1. The van der Waals surface area contributed by atoms with E-state index in [0.717, 1.165) is 5.56 Å². The molecule has 0 unspecified atom stereocenters. The second kappa shape index (κ2) is 9.51. The Labute approximate surface area is 201 Å². The SMILES string of the molecule is COc1cccc(OC)c1CS(=O)(=O)c1ccc2c(c1)S/C(=C/c1ccc(Cl)cc1)C(=O)N2. The molecule has 0 radical (unpaired) electrons. The van der Waals surface area contributed by atoms with Crippen LogP contribution in [0.1, 0.15) is 11.1 Å². The molecule has 3 aromatic carbocycles. The molecule has 1 amide bonds. The van der Waals surface area contributed by atoms with Gasteiger partial charge < -0.3 is 14.8 Å². The monoisotopic (exact) mass is 501 g/mol. The Balaban J connectivity index is 1.66. The minimum atomic E-state index is -3.73. The first-order valence-corrected chi connectivity index (χ1v) is 12.7. The lowest BCUT2D eigenvalue weighted by molar-refractivity contribution is -0.112. The average Bonchev–Trinajstić information content (AvgIpc) is 2.80. The maximum absolute atomic E-state index is 13.3. The van der Waals surface area contributed by atoms with Crippen LogP contribution in [0.3, 0.4) is 0 Å². The first kappa shape index (κ1) is 23.2. The van der Waals surface area contributed by atoms with Crippen molar-refractivity contribution >= 4 is 50.9 Å². The maximum atomic E-state index is 13.3. The highest BCUT2D eigenvalue weighted by Gasteiger charge is 2.26. The zero-order valence-corrected chi connectivity index (χ0v) is 20.2. The Kier molecular flexibility index (Phi) is 6.69. The molecule has 4 rings (SSSR count). The van der Waals surface area contributed by atoms with Crippen molar-refractivity contribution in [1.82, 2.24) is 0 Å². The van der Waals surface area contributed by atoms with E-state index < -0.39 is 9.84 Å². The molecule has 0 aromatic heterocycles. The summed E-state index contributed by atoms with van der Waals surface area (Å²) in [5, 5.41) is 3.42. The zero-order valence-electron chi connectivity index (χ0n) is 17.8. The summed E-state index contributed by atoms with van der Waals surface area (Å²) in [6, 6.07) is 16.9. The van der Waals surface area contributed by atoms with Crippen LogP contribution in [-0.2, 0) is 20.4 Å². The smallest absolute Gasteiger partial charge is 0.262 e. The predicted octanol–water partition coefficient (Wildman–Crippen LogP) is 5.42. The van der Waals surface area contributed by atoms with Crippen molar-refractivity contribution in [3.05, 3.63) is 81.7 Å². The van der Waals surface area contributed by atoms with Crippen LogP contribution in [0.15, 0.2) is 75.4 Å². The third kappa shape index (κ3) is 5.03. The Bertz CT molecular complexity index is 1330. The molecule has 0 saturated heterocycles. The number of hydrogen-bond donors (Lipinski definition) is 1. The van der Waals surface area contributed by atoms with Crippen LogP contribution >= 0.6 is 23.4 Å². The number of amides is 1. The summed E-state index contributed by atoms with van der Waals surface area (Å²) >= 11 is 7.15. The number of hydrogen-bond acceptors (Lipinski definition) is 6. The second-order valence-electron chi connectivity index (χ2n) is 7.17. The van der Waals surface area contributed by atoms with Crippen LogP contribution in [0.5, 0.6) is 11.5 Å². The van der Waals surface area contributed by atoms with E-state index in [-0.39, 0.29) is 16.6 Å². The van der Waals surface area contributed by atoms with E-state index >= 15 is 0 Å². The number of thioether (sulfide) groups is 1. The number of ether oxygens (including phenoxy) is 2. The molecule has 0 atom stereocenters. The lowest BCUT2D eigenvalue weighted by Crippen LogP contribution is -2.17. The van der Waals surface area contributed by atoms with Crippen LogP contribution in [0, 0.1) is 0 Å². The van der Waals surface area contributed by atoms with Gasteiger partial charge in [0, 0.05) is 9.92 Å². The normalized spacial score (nSPS) is 14.5. The van der Waals surface area contributed by atoms with Crippen molar-refractivity contribution in [1.29, 1.82) is 0 Å². The summed E-state index contributed by atoms with van der Waals surface area (Å²) in [5.74, 6) is 0.331. The van der Waals surface area contributed by atoms with E-state index in [1.807, 2.05) is 0 Å². The Morgan fingerprint density at radius 3 is 2.30 bits per heavy atom. The summed E-state index contributed by atoms with van der Waals surface area (Å²) in [7, 11) is -0.759. The number of rotatable bonds is 6. The minimum absolute atomic E-state index is 0.142. The highest BCUT2D eigenvalue weighted by Crippen LogP contribution is 2.41. The molecule has 33 heavy (non-hydrogen) atoms. The summed E-state index contributed by atoms with van der Waals surface area (Å²) in [6.45, 7) is 0. The van der Waals surface area contributed by atoms with Gasteiger partial charge in [0.15, 0.2) is 9.84 Å². The topological polar surface area (TPSA) is 81.7 Å². The van der Waals surface area contributed by atoms with Crippen LogP contribution < -0.4 is 14.8 Å². The highest BCUT2D eigenvalue weighted by molar-refractivity contribution is 8.04. The minimum Gasteiger partial charge on any atom is -0.496 e. The number of nitrogens with one attached hydrogen (secondary N) is 1. The fourth-order valence-corrected chi connectivity index (χ4v) is 5.98. The molecule has 3 aromatic rings. The average molecular weight is 502 g/mol. The van der Waals surface area contributed by atoms with E-state index in [0.29, 0.717) is 37.6 Å². The molecule has 1 heterocycles. The van der Waals surface area contributed by atoms with Gasteiger partial charge in [-0.25, -0.2) is 8.42 Å². The molecular formula is C24H20ClNO5S2. The van der Waals surface area contributed by atoms with Crippen molar-refractivity contribution in [3.8, 4) is 11.5 Å². The van der Waals surface area contributed by atoms with Crippen molar-refractivity contribution in [2.24, 2.45) is 0 Å². The lowest BCUT2D eigenvalue weighted by atomic mass is 10.2. The van der Waals surface area contributed by atoms with Gasteiger partial charge in [0.2, 0.25) is 0 Å². The number of fused-ring (bicyclic) bond motifs is 1. The van der Waals surface area contributed by atoms with Gasteiger partial charge in [-0.2, -0.15) is 0 Å². The van der Waals surface area contributed by atoms with E-state index in [9.17, 15) is 13.2 Å². The summed E-state index contributed by atoms with van der Waals surface area (Å²) in [6.07, 6.45) is 1.74. The first-order chi connectivity index (χ1) is 15.8. The summed E-state index contributed by atoms with van der Waals surface area (Å²) in [4.78, 5) is 13.8. The van der Waals surface area contributed by atoms with Gasteiger partial charge in [0.1, 0.15) is 11.5 Å². The van der Waals surface area contributed by atoms with Crippen molar-refractivity contribution in [2.75, 3.05) is 19.5 Å². The van der Waals surface area contributed by atoms with Gasteiger partial charge in [-0.15, -0.1) is 0 Å². The fourth-order valence-electron chi connectivity index (χ4n) is 3.38. The molecule has 0 fully saturated rings. The van der Waals surface area contributed by atoms with Gasteiger partial charge in [0.25, 0.3) is 5.91 Å². The summed E-state index contributed by atoms with van der Waals surface area (Å²) < 4.78 is 37.2. The van der Waals surface area contributed by atoms with Gasteiger partial charge in [-0.1, -0.05) is 41.6 Å². The first-order valence-electron chi connectivity index (χ1n) is 9.84. The van der Waals surface area contributed by atoms with Crippen LogP contribution in [0.2, 0.25) is 5.02 Å². The highest BCUT2D eigenvalue weighted by atomic mass is 35.5. The molecule has 0 spiro atoms. The molecule has 9 heteroatoms. The van der Waals surface area contributed by atoms with Crippen LogP contribution in [-0.4, -0.2) is 28.5 Å². The molecule has 0 bridgehead atoms. The standard InChI is InChI=1S/C24H20ClNO5S2/c1-30-20-4-3-5-21(31-2)18(20)14-33(28,29)17-10-11-19-22(13-17)32-23(24(27)26-19)12-15-6-8-16(25)9-7-15/h3-13H,14H2,1-2H3,(H,26,27)/b23-12+. The molecule has 170 valence electrons. The largest absolute Gasteiger partial charge is 0.496 e. The van der Waals surface area contributed by atoms with Gasteiger partial charge in [-0.05, 0) is 54.1 Å². The molecular weight excluding hydrogens is 482 g/mol. The van der Waals surface area contributed by atoms with Crippen molar-refractivity contribution < 1.29 is 22.7 Å². The Hall–Kier alpha value is -2.94.